The van der Waals surface area contributed by atoms with Crippen LogP contribution in [0.1, 0.15) is 38.2 Å². The maximum Gasteiger partial charge on any atom is 0.227 e. The van der Waals surface area contributed by atoms with Crippen molar-refractivity contribution in [2.75, 3.05) is 26.7 Å². The third-order valence-electron chi connectivity index (χ3n) is 5.40. The molecule has 23 heavy (non-hydrogen) atoms. The molecule has 1 aromatic rings. The Kier molecular flexibility index (Phi) is 5.21. The molecule has 0 spiro atoms. The number of hydrogen-bond donors (Lipinski definition) is 0. The Bertz CT molecular complexity index is 529. The highest BCUT2D eigenvalue weighted by Gasteiger charge is 2.38. The fourth-order valence-corrected chi connectivity index (χ4v) is 4.20. The summed E-state index contributed by atoms with van der Waals surface area (Å²) in [5, 5.41) is 0. The van der Waals surface area contributed by atoms with Gasteiger partial charge in [0.15, 0.2) is 0 Å². The zero-order valence-corrected chi connectivity index (χ0v) is 14.3. The molecule has 1 amide bonds. The first-order chi connectivity index (χ1) is 11.2. The molecule has 2 aliphatic rings. The summed E-state index contributed by atoms with van der Waals surface area (Å²) < 4.78 is 5.18. The second kappa shape index (κ2) is 7.35. The van der Waals surface area contributed by atoms with Crippen molar-refractivity contribution in [1.82, 2.24) is 9.80 Å². The molecule has 0 saturated carbocycles. The molecular weight excluding hydrogens is 288 g/mol. The molecular formula is C19H28N2O2. The van der Waals surface area contributed by atoms with Gasteiger partial charge in [0.25, 0.3) is 0 Å². The largest absolute Gasteiger partial charge is 0.497 e. The molecule has 4 heteroatoms. The second-order valence-corrected chi connectivity index (χ2v) is 6.66. The van der Waals surface area contributed by atoms with Crippen molar-refractivity contribution >= 4 is 5.91 Å². The molecule has 3 rings (SSSR count). The van der Waals surface area contributed by atoms with Gasteiger partial charge in [-0.25, -0.2) is 0 Å². The van der Waals surface area contributed by atoms with E-state index in [1.807, 2.05) is 24.3 Å². The van der Waals surface area contributed by atoms with Gasteiger partial charge >= 0.3 is 0 Å². The predicted molar refractivity (Wildman–Crippen MR) is 91.7 cm³/mol. The van der Waals surface area contributed by atoms with Gasteiger partial charge in [-0.15, -0.1) is 0 Å². The number of hydrogen-bond acceptors (Lipinski definition) is 3. The first kappa shape index (κ1) is 16.3. The average molecular weight is 316 g/mol. The van der Waals surface area contributed by atoms with Crippen LogP contribution in [0.3, 0.4) is 0 Å². The summed E-state index contributed by atoms with van der Waals surface area (Å²) in [5.41, 5.74) is 1.07. The topological polar surface area (TPSA) is 32.8 Å². The first-order valence-electron chi connectivity index (χ1n) is 8.89. The van der Waals surface area contributed by atoms with Crippen LogP contribution in [0.15, 0.2) is 24.3 Å². The smallest absolute Gasteiger partial charge is 0.227 e. The molecule has 2 aliphatic heterocycles. The van der Waals surface area contributed by atoms with Crippen LogP contribution in [0.2, 0.25) is 0 Å². The second-order valence-electron chi connectivity index (χ2n) is 6.66. The fraction of sp³-hybridized carbons (Fsp3) is 0.632. The minimum atomic E-state index is 0.278. The van der Waals surface area contributed by atoms with Crippen LogP contribution in [-0.4, -0.2) is 54.5 Å². The van der Waals surface area contributed by atoms with Gasteiger partial charge in [-0.2, -0.15) is 0 Å². The van der Waals surface area contributed by atoms with E-state index >= 15 is 0 Å². The summed E-state index contributed by atoms with van der Waals surface area (Å²) in [7, 11) is 1.66. The minimum absolute atomic E-state index is 0.278. The molecule has 2 saturated heterocycles. The quantitative estimate of drug-likeness (QED) is 0.837. The Balaban J connectivity index is 1.65. The molecule has 1 aromatic carbocycles. The number of carbonyl (C=O) groups is 1. The van der Waals surface area contributed by atoms with Crippen LogP contribution in [0.25, 0.3) is 0 Å². The lowest BCUT2D eigenvalue weighted by atomic mass is 10.0. The lowest BCUT2D eigenvalue weighted by molar-refractivity contribution is -0.132. The summed E-state index contributed by atoms with van der Waals surface area (Å²) in [5.74, 6) is 1.12. The molecule has 2 atom stereocenters. The highest BCUT2D eigenvalue weighted by atomic mass is 16.5. The Morgan fingerprint density at radius 1 is 1.13 bits per heavy atom. The van der Waals surface area contributed by atoms with Gasteiger partial charge < -0.3 is 9.64 Å². The molecule has 0 aromatic heterocycles. The molecule has 0 radical (unpaired) electrons. The van der Waals surface area contributed by atoms with Crippen molar-refractivity contribution in [1.29, 1.82) is 0 Å². The maximum absolute atomic E-state index is 12.8. The fourth-order valence-electron chi connectivity index (χ4n) is 4.20. The third kappa shape index (κ3) is 3.52. The van der Waals surface area contributed by atoms with E-state index in [-0.39, 0.29) is 5.91 Å². The van der Waals surface area contributed by atoms with E-state index in [2.05, 4.69) is 16.7 Å². The lowest BCUT2D eigenvalue weighted by Gasteiger charge is -2.34. The Hall–Kier alpha value is -1.55. The van der Waals surface area contributed by atoms with Gasteiger partial charge in [-0.05, 0) is 56.5 Å². The van der Waals surface area contributed by atoms with E-state index in [1.54, 1.807) is 7.11 Å². The number of likely N-dealkylation sites (N-methyl/N-ethyl adjacent to an activating group) is 1. The number of rotatable bonds is 5. The molecule has 126 valence electrons. The zero-order chi connectivity index (χ0) is 16.2. The number of likely N-dealkylation sites (tertiary alicyclic amines) is 2. The number of methoxy groups -OCH3 is 1. The maximum atomic E-state index is 12.8. The van der Waals surface area contributed by atoms with Gasteiger partial charge in [0.2, 0.25) is 5.91 Å². The number of amides is 1. The van der Waals surface area contributed by atoms with Crippen LogP contribution in [0.5, 0.6) is 5.75 Å². The summed E-state index contributed by atoms with van der Waals surface area (Å²) in [6.45, 7) is 5.45. The van der Waals surface area contributed by atoms with Gasteiger partial charge in [-0.1, -0.05) is 19.1 Å². The lowest BCUT2D eigenvalue weighted by Crippen LogP contribution is -2.48. The van der Waals surface area contributed by atoms with Crippen molar-refractivity contribution < 1.29 is 9.53 Å². The summed E-state index contributed by atoms with van der Waals surface area (Å²) in [4.78, 5) is 17.5. The van der Waals surface area contributed by atoms with Crippen LogP contribution >= 0.6 is 0 Å². The van der Waals surface area contributed by atoms with Crippen molar-refractivity contribution in [3.05, 3.63) is 29.8 Å². The van der Waals surface area contributed by atoms with E-state index in [1.165, 1.54) is 19.4 Å². The van der Waals surface area contributed by atoms with Crippen LogP contribution in [-0.2, 0) is 11.2 Å². The van der Waals surface area contributed by atoms with E-state index in [0.717, 1.165) is 37.2 Å². The summed E-state index contributed by atoms with van der Waals surface area (Å²) in [6.07, 6.45) is 5.32. The Morgan fingerprint density at radius 2 is 1.83 bits per heavy atom. The van der Waals surface area contributed by atoms with E-state index in [4.69, 9.17) is 4.74 Å². The Morgan fingerprint density at radius 3 is 2.52 bits per heavy atom. The SMILES string of the molecule is CCN1CCC[C@@H]1[C@@H]1CCCN1C(=O)Cc1ccc(OC)cc1. The third-order valence-corrected chi connectivity index (χ3v) is 5.40. The normalized spacial score (nSPS) is 25.0. The Labute approximate surface area is 139 Å². The summed E-state index contributed by atoms with van der Waals surface area (Å²) >= 11 is 0. The van der Waals surface area contributed by atoms with Gasteiger partial charge in [-0.3, -0.25) is 9.69 Å². The molecule has 0 N–H and O–H groups in total. The zero-order valence-electron chi connectivity index (χ0n) is 14.3. The number of benzene rings is 1. The number of nitrogens with zero attached hydrogens (tertiary/aromatic N) is 2. The number of carbonyl (C=O) groups excluding carboxylic acids is 1. The highest BCUT2D eigenvalue weighted by molar-refractivity contribution is 5.79. The monoisotopic (exact) mass is 316 g/mol. The van der Waals surface area contributed by atoms with Crippen molar-refractivity contribution in [2.45, 2.75) is 51.1 Å². The van der Waals surface area contributed by atoms with Crippen LogP contribution < -0.4 is 4.74 Å². The van der Waals surface area contributed by atoms with Gasteiger partial charge in [0.05, 0.1) is 13.5 Å². The summed E-state index contributed by atoms with van der Waals surface area (Å²) in [6, 6.07) is 8.84. The van der Waals surface area contributed by atoms with Crippen LogP contribution in [0, 0.1) is 0 Å². The number of ether oxygens (including phenoxy) is 1. The van der Waals surface area contributed by atoms with E-state index < -0.39 is 0 Å². The average Bonchev–Trinajstić information content (AvgIpc) is 3.23. The van der Waals surface area contributed by atoms with E-state index in [9.17, 15) is 4.79 Å². The van der Waals surface area contributed by atoms with Crippen LogP contribution in [0.4, 0.5) is 0 Å². The molecule has 4 nitrogen and oxygen atoms in total. The van der Waals surface area contributed by atoms with Gasteiger partial charge in [0, 0.05) is 18.6 Å². The molecule has 0 aliphatic carbocycles. The highest BCUT2D eigenvalue weighted by Crippen LogP contribution is 2.30. The van der Waals surface area contributed by atoms with Crippen molar-refractivity contribution in [2.24, 2.45) is 0 Å². The standard InChI is InChI=1S/C19H28N2O2/c1-3-20-12-4-6-17(20)18-7-5-13-21(18)19(22)14-15-8-10-16(23-2)11-9-15/h8-11,17-18H,3-7,12-14H2,1-2H3/t17-,18+/m1/s1. The van der Waals surface area contributed by atoms with Crippen molar-refractivity contribution in [3.8, 4) is 5.75 Å². The molecule has 2 heterocycles. The van der Waals surface area contributed by atoms with E-state index in [0.29, 0.717) is 18.5 Å². The first-order valence-corrected chi connectivity index (χ1v) is 8.89. The molecule has 0 bridgehead atoms. The van der Waals surface area contributed by atoms with Crippen molar-refractivity contribution in [3.63, 3.8) is 0 Å². The molecule has 2 fully saturated rings. The van der Waals surface area contributed by atoms with Gasteiger partial charge in [0.1, 0.15) is 5.75 Å². The molecule has 0 unspecified atom stereocenters. The predicted octanol–water partition coefficient (Wildman–Crippen LogP) is 2.71. The minimum Gasteiger partial charge on any atom is -0.497 e.